The van der Waals surface area contributed by atoms with Gasteiger partial charge in [0.25, 0.3) is 0 Å². The molecule has 1 aliphatic heterocycles. The Labute approximate surface area is 229 Å². The number of rotatable bonds is 11. The van der Waals surface area contributed by atoms with Crippen molar-refractivity contribution in [2.45, 2.75) is 50.8 Å². The molecule has 0 radical (unpaired) electrons. The van der Waals surface area contributed by atoms with Gasteiger partial charge in [-0.15, -0.1) is 5.73 Å². The van der Waals surface area contributed by atoms with E-state index in [1.54, 1.807) is 0 Å². The van der Waals surface area contributed by atoms with E-state index in [0.717, 1.165) is 28.8 Å². The van der Waals surface area contributed by atoms with Crippen molar-refractivity contribution in [1.82, 2.24) is 9.62 Å². The highest BCUT2D eigenvalue weighted by Crippen LogP contribution is 2.37. The van der Waals surface area contributed by atoms with Crippen molar-refractivity contribution in [2.24, 2.45) is 0 Å². The van der Waals surface area contributed by atoms with Crippen LogP contribution in [0.25, 0.3) is 0 Å². The predicted molar refractivity (Wildman–Crippen MR) is 149 cm³/mol. The first kappa shape index (κ1) is 30.4. The number of halogens is 1. The molecule has 2 atom stereocenters. The highest BCUT2D eigenvalue weighted by Gasteiger charge is 2.42. The van der Waals surface area contributed by atoms with Crippen molar-refractivity contribution in [3.8, 4) is 0 Å². The topological polar surface area (TPSA) is 84.9 Å². The molecule has 0 bridgehead atoms. The molecule has 1 aliphatic rings. The maximum absolute atomic E-state index is 13.4. The zero-order chi connectivity index (χ0) is 26.9. The number of methoxy groups -OCH3 is 1. The van der Waals surface area contributed by atoms with Crippen molar-refractivity contribution in [2.75, 3.05) is 33.4 Å². The van der Waals surface area contributed by atoms with Gasteiger partial charge in [0.15, 0.2) is 0 Å². The summed E-state index contributed by atoms with van der Waals surface area (Å²) in [4.78, 5) is 27.2. The summed E-state index contributed by atoms with van der Waals surface area (Å²) in [5.41, 5.74) is 4.01. The lowest BCUT2D eigenvalue weighted by Crippen LogP contribution is -2.50. The van der Waals surface area contributed by atoms with E-state index < -0.39 is 27.2 Å². The summed E-state index contributed by atoms with van der Waals surface area (Å²) in [6.45, 7) is 14.2. The van der Waals surface area contributed by atoms with E-state index in [-0.39, 0.29) is 18.6 Å². The van der Waals surface area contributed by atoms with Gasteiger partial charge < -0.3 is 14.4 Å². The fraction of sp³-hybridized carbons (Fsp3) is 0.500. The molecule has 1 N–H and O–H groups in total. The number of nitrogens with one attached hydrogen (secondary N) is 1. The number of esters is 1. The number of carbonyl (C=O) groups excluding carboxylic acids is 2. The summed E-state index contributed by atoms with van der Waals surface area (Å²) >= 11 is 5.07. The van der Waals surface area contributed by atoms with Crippen molar-refractivity contribution >= 4 is 50.0 Å². The molecule has 36 heavy (non-hydrogen) atoms. The van der Waals surface area contributed by atoms with Crippen LogP contribution in [0.1, 0.15) is 46.1 Å². The average Bonchev–Trinajstić information content (AvgIpc) is 3.36. The minimum atomic E-state index is -1.56. The van der Waals surface area contributed by atoms with Gasteiger partial charge in [-0.2, -0.15) is 11.3 Å². The number of Topliss-reactive ketones (excluding diaryl/α,β-unsaturated/α-hetero) is 1. The molecule has 2 heterocycles. The van der Waals surface area contributed by atoms with Crippen LogP contribution in [0, 0.1) is 0 Å². The molecule has 2 rings (SSSR count). The van der Waals surface area contributed by atoms with Crippen molar-refractivity contribution < 1.29 is 23.3 Å². The van der Waals surface area contributed by atoms with Crippen LogP contribution in [0.4, 0.5) is 0 Å². The van der Waals surface area contributed by atoms with E-state index in [0.29, 0.717) is 18.8 Å². The number of hydrogen-bond acceptors (Lipinski definition) is 7. The van der Waals surface area contributed by atoms with E-state index >= 15 is 0 Å². The Morgan fingerprint density at radius 3 is 2.50 bits per heavy atom. The van der Waals surface area contributed by atoms with Crippen LogP contribution in [0.5, 0.6) is 0 Å². The first-order valence-corrected chi connectivity index (χ1v) is 14.4. The second-order valence-electron chi connectivity index (χ2n) is 9.31. The Hall–Kier alpha value is -1.81. The first-order chi connectivity index (χ1) is 16.9. The summed E-state index contributed by atoms with van der Waals surface area (Å²) in [7, 11) is -0.312. The lowest BCUT2D eigenvalue weighted by Gasteiger charge is -2.36. The zero-order valence-corrected chi connectivity index (χ0v) is 24.7. The van der Waals surface area contributed by atoms with Crippen LogP contribution >= 0.6 is 27.3 Å². The number of hydrogen-bond donors (Lipinski definition) is 1. The number of ether oxygens (including phenoxy) is 2. The molecule has 10 heteroatoms. The second kappa shape index (κ2) is 13.7. The van der Waals surface area contributed by atoms with Gasteiger partial charge in [-0.1, -0.05) is 22.5 Å². The molecule has 0 saturated carbocycles. The zero-order valence-electron chi connectivity index (χ0n) is 21.5. The first-order valence-electron chi connectivity index (χ1n) is 11.5. The van der Waals surface area contributed by atoms with Gasteiger partial charge in [-0.05, 0) is 62.2 Å². The summed E-state index contributed by atoms with van der Waals surface area (Å²) in [5, 5.41) is 3.79. The second-order valence-corrected chi connectivity index (χ2v) is 13.2. The lowest BCUT2D eigenvalue weighted by atomic mass is 9.80. The number of carbonyl (C=O) groups is 2. The molecule has 1 fully saturated rings. The van der Waals surface area contributed by atoms with Crippen molar-refractivity contribution in [3.63, 3.8) is 0 Å². The van der Waals surface area contributed by atoms with Crippen molar-refractivity contribution in [1.29, 1.82) is 0 Å². The van der Waals surface area contributed by atoms with Gasteiger partial charge in [0.1, 0.15) is 12.2 Å². The van der Waals surface area contributed by atoms with Crippen LogP contribution < -0.4 is 4.72 Å². The normalized spacial score (nSPS) is 17.7. The molecular weight excluding hydrogens is 564 g/mol. The molecule has 198 valence electrons. The quantitative estimate of drug-likeness (QED) is 0.171. The average molecular weight is 600 g/mol. The Morgan fingerprint density at radius 2 is 2.00 bits per heavy atom. The molecular formula is C26H35BrN2O5S2. The number of nitrogens with zero attached hydrogens (tertiary/aromatic N) is 1. The Morgan fingerprint density at radius 1 is 1.33 bits per heavy atom. The highest BCUT2D eigenvalue weighted by atomic mass is 79.9. The maximum Gasteiger partial charge on any atom is 0.313 e. The molecule has 0 amide bonds. The SMILES string of the molecule is C=C=C(/C=C\C(=C(/C)Br)N1CCOCC1)C(CC(=O)CC(=O)OC)(NS(=O)C(C)(C)C)c1ccsc1. The van der Waals surface area contributed by atoms with Crippen molar-refractivity contribution in [3.05, 3.63) is 62.6 Å². The van der Waals surface area contributed by atoms with E-state index in [1.165, 1.54) is 18.4 Å². The lowest BCUT2D eigenvalue weighted by molar-refractivity contribution is -0.143. The van der Waals surface area contributed by atoms with Gasteiger partial charge in [0.2, 0.25) is 0 Å². The molecule has 1 saturated heterocycles. The smallest absolute Gasteiger partial charge is 0.313 e. The van der Waals surface area contributed by atoms with Gasteiger partial charge >= 0.3 is 5.97 Å². The van der Waals surface area contributed by atoms with Gasteiger partial charge in [0, 0.05) is 35.3 Å². The fourth-order valence-electron chi connectivity index (χ4n) is 3.67. The van der Waals surface area contributed by atoms with Crippen LogP contribution in [0.15, 0.2) is 57.0 Å². The monoisotopic (exact) mass is 598 g/mol. The molecule has 1 aromatic heterocycles. The maximum atomic E-state index is 13.4. The van der Waals surface area contributed by atoms with E-state index in [9.17, 15) is 13.8 Å². The third-order valence-electron chi connectivity index (χ3n) is 5.63. The number of allylic oxidation sites excluding steroid dienone is 2. The predicted octanol–water partition coefficient (Wildman–Crippen LogP) is 4.74. The summed E-state index contributed by atoms with van der Waals surface area (Å²) in [5.74, 6) is -0.975. The van der Waals surface area contributed by atoms with Gasteiger partial charge in [-0.3, -0.25) is 9.59 Å². The highest BCUT2D eigenvalue weighted by molar-refractivity contribution is 9.11. The molecule has 0 aliphatic carbocycles. The molecule has 7 nitrogen and oxygen atoms in total. The summed E-state index contributed by atoms with van der Waals surface area (Å²) < 4.78 is 27.2. The van der Waals surface area contributed by atoms with Crippen LogP contribution in [0.3, 0.4) is 0 Å². The Kier molecular flexibility index (Phi) is 11.5. The standard InChI is InChI=1S/C26H35BrN2O5S2/c1-7-20(8-9-23(19(2)27)29-11-13-34-14-12-29)26(21-10-15-35-18-21,28-36(32)25(3,4)5)17-22(30)16-24(31)33-6/h8-10,15,18,28H,1,11-14,16-17H2,2-6H3/b9-8-,23-19-. The Balaban J connectivity index is 2.62. The van der Waals surface area contributed by atoms with Crippen LogP contribution in [-0.4, -0.2) is 59.0 Å². The number of ketones is 1. The summed E-state index contributed by atoms with van der Waals surface area (Å²) in [6, 6.07) is 1.88. The van der Waals surface area contributed by atoms with E-state index in [2.05, 4.69) is 37.9 Å². The molecule has 0 spiro atoms. The molecule has 0 aromatic carbocycles. The third kappa shape index (κ3) is 8.10. The molecule has 2 unspecified atom stereocenters. The van der Waals surface area contributed by atoms with Crippen LogP contribution in [-0.2, 0) is 35.6 Å². The Bertz CT molecular complexity index is 1060. The minimum Gasteiger partial charge on any atom is -0.469 e. The largest absolute Gasteiger partial charge is 0.469 e. The van der Waals surface area contributed by atoms with Gasteiger partial charge in [0.05, 0.1) is 41.6 Å². The third-order valence-corrected chi connectivity index (χ3v) is 8.37. The van der Waals surface area contributed by atoms with Crippen LogP contribution in [0.2, 0.25) is 0 Å². The number of thiophene rings is 1. The number of morpholine rings is 1. The van der Waals surface area contributed by atoms with Gasteiger partial charge in [-0.25, -0.2) is 8.93 Å². The molecule has 1 aromatic rings. The van der Waals surface area contributed by atoms with E-state index in [4.69, 9.17) is 9.47 Å². The van der Waals surface area contributed by atoms with E-state index in [1.807, 2.05) is 56.7 Å². The minimum absolute atomic E-state index is 0.132. The fourth-order valence-corrected chi connectivity index (χ4v) is 5.71. The summed E-state index contributed by atoms with van der Waals surface area (Å²) in [6.07, 6.45) is 3.27.